The Balaban J connectivity index is 1.51. The van der Waals surface area contributed by atoms with E-state index in [2.05, 4.69) is 11.8 Å². The van der Waals surface area contributed by atoms with E-state index in [0.717, 1.165) is 16.0 Å². The Kier molecular flexibility index (Phi) is 4.19. The minimum absolute atomic E-state index is 0.289. The van der Waals surface area contributed by atoms with Gasteiger partial charge in [-0.2, -0.15) is 0 Å². The van der Waals surface area contributed by atoms with Crippen molar-refractivity contribution < 1.29 is 14.3 Å². The zero-order valence-electron chi connectivity index (χ0n) is 14.6. The molecular formula is C23H15NO3. The molecule has 0 atom stereocenters. The van der Waals surface area contributed by atoms with Crippen LogP contribution in [0.1, 0.15) is 31.8 Å². The van der Waals surface area contributed by atoms with Crippen molar-refractivity contribution in [2.24, 2.45) is 0 Å². The maximum atomic E-state index is 12.1. The highest BCUT2D eigenvalue weighted by atomic mass is 16.5. The third kappa shape index (κ3) is 3.31. The molecule has 1 aliphatic rings. The number of carbonyl (C=O) groups is 2. The molecule has 1 heterocycles. The Bertz CT molecular complexity index is 1090. The van der Waals surface area contributed by atoms with Crippen LogP contribution >= 0.6 is 0 Å². The first kappa shape index (κ1) is 16.6. The molecule has 4 rings (SSSR count). The van der Waals surface area contributed by atoms with E-state index in [1.165, 1.54) is 7.05 Å². The molecular weight excluding hydrogens is 338 g/mol. The topological polar surface area (TPSA) is 46.6 Å². The van der Waals surface area contributed by atoms with Gasteiger partial charge in [-0.1, -0.05) is 30.0 Å². The summed E-state index contributed by atoms with van der Waals surface area (Å²) in [5.74, 6) is 6.75. The molecule has 0 fully saturated rings. The number of hydrogen-bond acceptors (Lipinski definition) is 3. The molecule has 4 heteroatoms. The number of fused-ring (bicyclic) bond motifs is 1. The maximum absolute atomic E-state index is 12.1. The van der Waals surface area contributed by atoms with Crippen LogP contribution in [0.2, 0.25) is 0 Å². The predicted octanol–water partition coefficient (Wildman–Crippen LogP) is 4.10. The summed E-state index contributed by atoms with van der Waals surface area (Å²) in [4.78, 5) is 25.1. The van der Waals surface area contributed by atoms with Crippen molar-refractivity contribution in [2.75, 3.05) is 7.05 Å². The van der Waals surface area contributed by atoms with E-state index in [-0.39, 0.29) is 11.8 Å². The molecule has 0 aromatic heterocycles. The van der Waals surface area contributed by atoms with Gasteiger partial charge in [-0.05, 0) is 54.6 Å². The quantitative estimate of drug-likeness (QED) is 0.515. The molecule has 4 nitrogen and oxygen atoms in total. The van der Waals surface area contributed by atoms with Crippen molar-refractivity contribution in [2.45, 2.75) is 0 Å². The van der Waals surface area contributed by atoms with Crippen molar-refractivity contribution in [1.29, 1.82) is 0 Å². The van der Waals surface area contributed by atoms with E-state index in [4.69, 9.17) is 4.74 Å². The second-order valence-electron chi connectivity index (χ2n) is 6.12. The van der Waals surface area contributed by atoms with E-state index < -0.39 is 0 Å². The standard InChI is InChI=1S/C23H15NO3/c1-24-22(25)20-14-13-19(15-21(20)23(24)26)27-18-11-9-17(10-12-18)8-7-16-5-3-2-4-6-16/h2-6,9-15H,1H3. The minimum atomic E-state index is -0.313. The lowest BCUT2D eigenvalue weighted by atomic mass is 10.1. The minimum Gasteiger partial charge on any atom is -0.457 e. The van der Waals surface area contributed by atoms with Gasteiger partial charge in [0.15, 0.2) is 0 Å². The SMILES string of the molecule is CN1C(=O)c2ccc(Oc3ccc(C#Cc4ccccc4)cc3)cc2C1=O. The van der Waals surface area contributed by atoms with Crippen LogP contribution in [0.25, 0.3) is 0 Å². The molecule has 0 saturated heterocycles. The largest absolute Gasteiger partial charge is 0.457 e. The van der Waals surface area contributed by atoms with E-state index >= 15 is 0 Å². The first-order valence-corrected chi connectivity index (χ1v) is 8.43. The lowest BCUT2D eigenvalue weighted by Crippen LogP contribution is -2.24. The summed E-state index contributed by atoms with van der Waals surface area (Å²) in [6, 6.07) is 22.1. The highest BCUT2D eigenvalue weighted by Crippen LogP contribution is 2.28. The van der Waals surface area contributed by atoms with Crippen LogP contribution in [0.3, 0.4) is 0 Å². The molecule has 27 heavy (non-hydrogen) atoms. The van der Waals surface area contributed by atoms with E-state index in [9.17, 15) is 9.59 Å². The predicted molar refractivity (Wildman–Crippen MR) is 102 cm³/mol. The maximum Gasteiger partial charge on any atom is 0.261 e. The van der Waals surface area contributed by atoms with Gasteiger partial charge < -0.3 is 4.74 Å². The van der Waals surface area contributed by atoms with Crippen molar-refractivity contribution in [1.82, 2.24) is 4.90 Å². The fraction of sp³-hybridized carbons (Fsp3) is 0.0435. The second-order valence-corrected chi connectivity index (χ2v) is 6.12. The number of hydrogen-bond donors (Lipinski definition) is 0. The molecule has 0 bridgehead atoms. The average Bonchev–Trinajstić information content (AvgIpc) is 2.92. The van der Waals surface area contributed by atoms with Crippen LogP contribution in [0.4, 0.5) is 0 Å². The lowest BCUT2D eigenvalue weighted by Gasteiger charge is -2.06. The second kappa shape index (κ2) is 6.81. The zero-order valence-corrected chi connectivity index (χ0v) is 14.6. The van der Waals surface area contributed by atoms with Crippen LogP contribution < -0.4 is 4.74 Å². The monoisotopic (exact) mass is 353 g/mol. The fourth-order valence-corrected chi connectivity index (χ4v) is 2.81. The molecule has 0 aliphatic carbocycles. The number of imide groups is 1. The van der Waals surface area contributed by atoms with Crippen LogP contribution in [0, 0.1) is 11.8 Å². The number of rotatable bonds is 2. The summed E-state index contributed by atoms with van der Waals surface area (Å²) in [7, 11) is 1.47. The fourth-order valence-electron chi connectivity index (χ4n) is 2.81. The third-order valence-corrected chi connectivity index (χ3v) is 4.28. The molecule has 2 amide bonds. The van der Waals surface area contributed by atoms with Gasteiger partial charge >= 0.3 is 0 Å². The summed E-state index contributed by atoms with van der Waals surface area (Å²) in [6.45, 7) is 0. The lowest BCUT2D eigenvalue weighted by molar-refractivity contribution is 0.0693. The van der Waals surface area contributed by atoms with Crippen molar-refractivity contribution >= 4 is 11.8 Å². The molecule has 0 saturated carbocycles. The van der Waals surface area contributed by atoms with E-state index in [0.29, 0.717) is 22.6 Å². The normalized spacial score (nSPS) is 12.4. The number of nitrogens with zero attached hydrogens (tertiary/aromatic N) is 1. The first-order chi connectivity index (χ1) is 13.1. The summed E-state index contributed by atoms with van der Waals surface area (Å²) >= 11 is 0. The van der Waals surface area contributed by atoms with Crippen LogP contribution in [0.5, 0.6) is 11.5 Å². The summed E-state index contributed by atoms with van der Waals surface area (Å²) in [5.41, 5.74) is 2.61. The Morgan fingerprint density at radius 3 is 2.00 bits per heavy atom. The number of benzene rings is 3. The number of ether oxygens (including phenoxy) is 1. The van der Waals surface area contributed by atoms with Gasteiger partial charge in [-0.15, -0.1) is 0 Å². The molecule has 3 aromatic carbocycles. The highest BCUT2D eigenvalue weighted by molar-refractivity contribution is 6.21. The molecule has 1 aliphatic heterocycles. The Labute approximate surface area is 157 Å². The highest BCUT2D eigenvalue weighted by Gasteiger charge is 2.32. The van der Waals surface area contributed by atoms with Gasteiger partial charge in [-0.3, -0.25) is 14.5 Å². The Hall–Kier alpha value is -3.84. The van der Waals surface area contributed by atoms with Crippen molar-refractivity contribution in [3.8, 4) is 23.3 Å². The van der Waals surface area contributed by atoms with Crippen LogP contribution in [-0.4, -0.2) is 23.8 Å². The van der Waals surface area contributed by atoms with Crippen LogP contribution in [0.15, 0.2) is 72.8 Å². The average molecular weight is 353 g/mol. The number of amides is 2. The van der Waals surface area contributed by atoms with Gasteiger partial charge in [0.2, 0.25) is 0 Å². The van der Waals surface area contributed by atoms with Gasteiger partial charge in [0.25, 0.3) is 11.8 Å². The molecule has 0 N–H and O–H groups in total. The molecule has 0 radical (unpaired) electrons. The molecule has 130 valence electrons. The van der Waals surface area contributed by atoms with E-state index in [1.54, 1.807) is 18.2 Å². The zero-order chi connectivity index (χ0) is 18.8. The first-order valence-electron chi connectivity index (χ1n) is 8.43. The summed E-state index contributed by atoms with van der Waals surface area (Å²) in [6.07, 6.45) is 0. The van der Waals surface area contributed by atoms with Gasteiger partial charge in [0.1, 0.15) is 11.5 Å². The van der Waals surface area contributed by atoms with Gasteiger partial charge in [0, 0.05) is 18.2 Å². The number of carbonyl (C=O) groups excluding carboxylic acids is 2. The molecule has 0 unspecified atom stereocenters. The molecule has 3 aromatic rings. The smallest absolute Gasteiger partial charge is 0.261 e. The van der Waals surface area contributed by atoms with Crippen molar-refractivity contribution in [3.63, 3.8) is 0 Å². The Morgan fingerprint density at radius 2 is 1.30 bits per heavy atom. The van der Waals surface area contributed by atoms with Crippen molar-refractivity contribution in [3.05, 3.63) is 95.1 Å². The van der Waals surface area contributed by atoms with E-state index in [1.807, 2.05) is 54.6 Å². The summed E-state index contributed by atoms with van der Waals surface area (Å²) < 4.78 is 5.81. The van der Waals surface area contributed by atoms with Crippen LogP contribution in [-0.2, 0) is 0 Å². The van der Waals surface area contributed by atoms with Gasteiger partial charge in [0.05, 0.1) is 11.1 Å². The third-order valence-electron chi connectivity index (χ3n) is 4.28. The molecule has 0 spiro atoms. The Morgan fingerprint density at radius 1 is 0.704 bits per heavy atom. The van der Waals surface area contributed by atoms with Gasteiger partial charge in [-0.25, -0.2) is 0 Å². The summed E-state index contributed by atoms with van der Waals surface area (Å²) in [5, 5.41) is 0.